The summed E-state index contributed by atoms with van der Waals surface area (Å²) in [6.07, 6.45) is 3.77. The minimum absolute atomic E-state index is 0.653. The Bertz CT molecular complexity index is 223. The van der Waals surface area contributed by atoms with Crippen molar-refractivity contribution in [1.29, 1.82) is 0 Å². The summed E-state index contributed by atoms with van der Waals surface area (Å²) in [5, 5.41) is 6.73. The lowest BCUT2D eigenvalue weighted by molar-refractivity contribution is 0.255. The van der Waals surface area contributed by atoms with E-state index in [1.165, 1.54) is 19.3 Å². The normalized spacial score (nSPS) is 18.7. The Labute approximate surface area is 99.5 Å². The van der Waals surface area contributed by atoms with E-state index < -0.39 is 0 Å². The molecule has 0 aliphatic heterocycles. The van der Waals surface area contributed by atoms with E-state index in [4.69, 9.17) is 0 Å². The first-order valence-corrected chi connectivity index (χ1v) is 6.34. The second-order valence-corrected chi connectivity index (χ2v) is 4.66. The van der Waals surface area contributed by atoms with Crippen LogP contribution in [0.3, 0.4) is 0 Å². The molecule has 1 saturated carbocycles. The van der Waals surface area contributed by atoms with Crippen molar-refractivity contribution in [2.24, 2.45) is 4.99 Å². The molecule has 1 rings (SSSR count). The van der Waals surface area contributed by atoms with Gasteiger partial charge in [0, 0.05) is 32.2 Å². The van der Waals surface area contributed by atoms with Gasteiger partial charge >= 0.3 is 0 Å². The standard InChI is InChI=1S/C12H26N4/c1-5-10(2)16(4)9-8-14-12(13-3)15-11-6-7-11/h10-11H,5-9H2,1-4H3,(H2,13,14,15). The Morgan fingerprint density at radius 2 is 2.19 bits per heavy atom. The van der Waals surface area contributed by atoms with Crippen LogP contribution in [0.5, 0.6) is 0 Å². The van der Waals surface area contributed by atoms with Gasteiger partial charge in [0.1, 0.15) is 0 Å². The van der Waals surface area contributed by atoms with Gasteiger partial charge in [-0.25, -0.2) is 0 Å². The molecule has 1 atom stereocenters. The Morgan fingerprint density at radius 3 is 2.69 bits per heavy atom. The fraction of sp³-hybridized carbons (Fsp3) is 0.917. The molecule has 0 radical (unpaired) electrons. The van der Waals surface area contributed by atoms with Crippen molar-refractivity contribution in [2.45, 2.75) is 45.2 Å². The lowest BCUT2D eigenvalue weighted by Crippen LogP contribution is -2.43. The summed E-state index contributed by atoms with van der Waals surface area (Å²) in [4.78, 5) is 6.58. The predicted molar refractivity (Wildman–Crippen MR) is 69.9 cm³/mol. The summed E-state index contributed by atoms with van der Waals surface area (Å²) in [6, 6.07) is 1.32. The first-order valence-electron chi connectivity index (χ1n) is 6.34. The highest BCUT2D eigenvalue weighted by Gasteiger charge is 2.21. The zero-order chi connectivity index (χ0) is 12.0. The number of hydrogen-bond acceptors (Lipinski definition) is 2. The van der Waals surface area contributed by atoms with E-state index in [1.54, 1.807) is 0 Å². The summed E-state index contributed by atoms with van der Waals surface area (Å²) in [5.74, 6) is 0.944. The first kappa shape index (κ1) is 13.3. The fourth-order valence-corrected chi connectivity index (χ4v) is 1.50. The zero-order valence-corrected chi connectivity index (χ0v) is 11.1. The van der Waals surface area contributed by atoms with E-state index in [2.05, 4.69) is 41.4 Å². The van der Waals surface area contributed by atoms with Crippen LogP contribution in [0.25, 0.3) is 0 Å². The maximum absolute atomic E-state index is 4.21. The van der Waals surface area contributed by atoms with Crippen LogP contribution in [-0.2, 0) is 0 Å². The molecule has 4 heteroatoms. The monoisotopic (exact) mass is 226 g/mol. The molecule has 1 aliphatic carbocycles. The van der Waals surface area contributed by atoms with Crippen LogP contribution < -0.4 is 10.6 Å². The molecule has 0 bridgehead atoms. The van der Waals surface area contributed by atoms with E-state index >= 15 is 0 Å². The fourth-order valence-electron chi connectivity index (χ4n) is 1.50. The summed E-state index contributed by atoms with van der Waals surface area (Å²) >= 11 is 0. The number of nitrogens with zero attached hydrogens (tertiary/aromatic N) is 2. The van der Waals surface area contributed by atoms with Gasteiger partial charge in [-0.2, -0.15) is 0 Å². The molecule has 4 nitrogen and oxygen atoms in total. The van der Waals surface area contributed by atoms with Gasteiger partial charge in [-0.3, -0.25) is 4.99 Å². The van der Waals surface area contributed by atoms with Crippen LogP contribution in [0.2, 0.25) is 0 Å². The highest BCUT2D eigenvalue weighted by molar-refractivity contribution is 5.80. The molecule has 1 unspecified atom stereocenters. The number of nitrogens with one attached hydrogen (secondary N) is 2. The zero-order valence-electron chi connectivity index (χ0n) is 11.1. The van der Waals surface area contributed by atoms with Crippen molar-refractivity contribution in [3.8, 4) is 0 Å². The van der Waals surface area contributed by atoms with Crippen LogP contribution >= 0.6 is 0 Å². The lowest BCUT2D eigenvalue weighted by atomic mass is 10.2. The van der Waals surface area contributed by atoms with Crippen molar-refractivity contribution in [3.63, 3.8) is 0 Å². The molecule has 0 aromatic heterocycles. The summed E-state index contributed by atoms with van der Waals surface area (Å²) < 4.78 is 0. The molecular formula is C12H26N4. The summed E-state index contributed by atoms with van der Waals surface area (Å²) in [6.45, 7) is 6.49. The highest BCUT2D eigenvalue weighted by Crippen LogP contribution is 2.18. The smallest absolute Gasteiger partial charge is 0.191 e. The molecule has 16 heavy (non-hydrogen) atoms. The maximum atomic E-state index is 4.21. The van der Waals surface area contributed by atoms with Crippen molar-refractivity contribution in [1.82, 2.24) is 15.5 Å². The van der Waals surface area contributed by atoms with Crippen LogP contribution in [0.15, 0.2) is 4.99 Å². The average molecular weight is 226 g/mol. The quantitative estimate of drug-likeness (QED) is 0.525. The van der Waals surface area contributed by atoms with Crippen LogP contribution in [0.4, 0.5) is 0 Å². The summed E-state index contributed by atoms with van der Waals surface area (Å²) in [7, 11) is 4.00. The molecule has 94 valence electrons. The van der Waals surface area contributed by atoms with Crippen molar-refractivity contribution in [2.75, 3.05) is 27.2 Å². The first-order chi connectivity index (χ1) is 7.67. The van der Waals surface area contributed by atoms with E-state index in [1.807, 2.05) is 7.05 Å². The number of hydrogen-bond donors (Lipinski definition) is 2. The molecule has 0 saturated heterocycles. The number of rotatable bonds is 6. The molecule has 0 aromatic rings. The number of aliphatic imine (C=N–C) groups is 1. The SMILES string of the molecule is CCC(C)N(C)CCNC(=NC)NC1CC1. The average Bonchev–Trinajstić information content (AvgIpc) is 3.10. The second kappa shape index (κ2) is 6.74. The minimum atomic E-state index is 0.653. The Kier molecular flexibility index (Phi) is 5.60. The van der Waals surface area contributed by atoms with E-state index in [-0.39, 0.29) is 0 Å². The predicted octanol–water partition coefficient (Wildman–Crippen LogP) is 1.04. The van der Waals surface area contributed by atoms with Crippen molar-refractivity contribution in [3.05, 3.63) is 0 Å². The molecule has 0 aromatic carbocycles. The van der Waals surface area contributed by atoms with Gasteiger partial charge in [0.25, 0.3) is 0 Å². The Morgan fingerprint density at radius 1 is 1.50 bits per heavy atom. The molecule has 0 heterocycles. The number of likely N-dealkylation sites (N-methyl/N-ethyl adjacent to an activating group) is 1. The van der Waals surface area contributed by atoms with Gasteiger partial charge in [0.2, 0.25) is 0 Å². The van der Waals surface area contributed by atoms with Crippen LogP contribution in [0.1, 0.15) is 33.1 Å². The van der Waals surface area contributed by atoms with Crippen molar-refractivity contribution >= 4 is 5.96 Å². The molecule has 1 aliphatic rings. The maximum Gasteiger partial charge on any atom is 0.191 e. The molecular weight excluding hydrogens is 200 g/mol. The Balaban J connectivity index is 2.12. The molecule has 2 N–H and O–H groups in total. The largest absolute Gasteiger partial charge is 0.355 e. The van der Waals surface area contributed by atoms with Gasteiger partial charge in [-0.1, -0.05) is 6.92 Å². The highest BCUT2D eigenvalue weighted by atomic mass is 15.2. The lowest BCUT2D eigenvalue weighted by Gasteiger charge is -2.23. The third kappa shape index (κ3) is 4.84. The van der Waals surface area contributed by atoms with Crippen LogP contribution in [0, 0.1) is 0 Å². The van der Waals surface area contributed by atoms with Gasteiger partial charge in [-0.05, 0) is 33.2 Å². The van der Waals surface area contributed by atoms with E-state index in [0.717, 1.165) is 19.0 Å². The van der Waals surface area contributed by atoms with E-state index in [9.17, 15) is 0 Å². The van der Waals surface area contributed by atoms with Gasteiger partial charge in [0.15, 0.2) is 5.96 Å². The third-order valence-electron chi connectivity index (χ3n) is 3.24. The van der Waals surface area contributed by atoms with Crippen molar-refractivity contribution < 1.29 is 0 Å². The summed E-state index contributed by atoms with van der Waals surface area (Å²) in [5.41, 5.74) is 0. The van der Waals surface area contributed by atoms with Gasteiger partial charge in [-0.15, -0.1) is 0 Å². The topological polar surface area (TPSA) is 39.7 Å². The molecule has 0 spiro atoms. The third-order valence-corrected chi connectivity index (χ3v) is 3.24. The van der Waals surface area contributed by atoms with E-state index in [0.29, 0.717) is 12.1 Å². The second-order valence-electron chi connectivity index (χ2n) is 4.66. The molecule has 0 amide bonds. The Hall–Kier alpha value is -0.770. The molecule has 1 fully saturated rings. The number of guanidine groups is 1. The van der Waals surface area contributed by atoms with Crippen LogP contribution in [-0.4, -0.2) is 50.1 Å². The van der Waals surface area contributed by atoms with Gasteiger partial charge < -0.3 is 15.5 Å². The minimum Gasteiger partial charge on any atom is -0.355 e. The van der Waals surface area contributed by atoms with Gasteiger partial charge in [0.05, 0.1) is 0 Å².